The minimum Gasteiger partial charge on any atom is -0.453 e. The van der Waals surface area contributed by atoms with Gasteiger partial charge in [0.25, 0.3) is 0 Å². The number of carbonyl (C=O) groups excluding carboxylic acids is 1. The van der Waals surface area contributed by atoms with Crippen molar-refractivity contribution >= 4 is 5.97 Å². The van der Waals surface area contributed by atoms with E-state index in [0.717, 1.165) is 6.42 Å². The molecule has 0 N–H and O–H groups in total. The summed E-state index contributed by atoms with van der Waals surface area (Å²) < 4.78 is 15.7. The van der Waals surface area contributed by atoms with Crippen molar-refractivity contribution in [2.24, 2.45) is 5.92 Å². The molecule has 0 saturated carbocycles. The standard InChI is InChI=1S/C12H14O4.2CH4/c1-3-8(2)12(13)16-10-6-4-5-9-11(10)15-7-14-9;;/h4-6,8H,3,7H2,1-2H3;2*1H4. The minimum atomic E-state index is -0.244. The molecule has 4 nitrogen and oxygen atoms in total. The van der Waals surface area contributed by atoms with E-state index in [-0.39, 0.29) is 33.5 Å². The lowest BCUT2D eigenvalue weighted by atomic mass is 10.1. The molecule has 1 aliphatic heterocycles. The average molecular weight is 254 g/mol. The number of hydrogen-bond acceptors (Lipinski definition) is 4. The SMILES string of the molecule is C.C.CCC(C)C(=O)Oc1cccc2c1OCO2. The average Bonchev–Trinajstić information content (AvgIpc) is 2.77. The summed E-state index contributed by atoms with van der Waals surface area (Å²) in [6.07, 6.45) is 0.755. The lowest BCUT2D eigenvalue weighted by Crippen LogP contribution is -2.17. The van der Waals surface area contributed by atoms with E-state index in [1.165, 1.54) is 0 Å². The first-order valence-corrected chi connectivity index (χ1v) is 5.32. The first-order valence-electron chi connectivity index (χ1n) is 5.32. The van der Waals surface area contributed by atoms with Gasteiger partial charge in [0.2, 0.25) is 12.5 Å². The van der Waals surface area contributed by atoms with E-state index in [0.29, 0.717) is 17.2 Å². The van der Waals surface area contributed by atoms with Gasteiger partial charge >= 0.3 is 5.97 Å². The second kappa shape index (κ2) is 6.89. The van der Waals surface area contributed by atoms with E-state index in [2.05, 4.69) is 0 Å². The van der Waals surface area contributed by atoms with Gasteiger partial charge in [-0.25, -0.2) is 0 Å². The molecule has 0 fully saturated rings. The Morgan fingerprint density at radius 3 is 2.78 bits per heavy atom. The van der Waals surface area contributed by atoms with E-state index < -0.39 is 0 Å². The molecule has 1 aromatic carbocycles. The monoisotopic (exact) mass is 254 g/mol. The highest BCUT2D eigenvalue weighted by Crippen LogP contribution is 2.40. The highest BCUT2D eigenvalue weighted by molar-refractivity contribution is 5.76. The summed E-state index contributed by atoms with van der Waals surface area (Å²) in [5.74, 6) is 1.21. The first-order chi connectivity index (χ1) is 7.72. The fourth-order valence-corrected chi connectivity index (χ4v) is 1.36. The Morgan fingerprint density at radius 2 is 2.11 bits per heavy atom. The van der Waals surface area contributed by atoms with E-state index in [1.807, 2.05) is 13.8 Å². The largest absolute Gasteiger partial charge is 0.453 e. The normalized spacial score (nSPS) is 13.0. The van der Waals surface area contributed by atoms with E-state index in [4.69, 9.17) is 14.2 Å². The van der Waals surface area contributed by atoms with E-state index in [1.54, 1.807) is 18.2 Å². The maximum Gasteiger partial charge on any atom is 0.314 e. The van der Waals surface area contributed by atoms with Crippen LogP contribution in [-0.2, 0) is 4.79 Å². The lowest BCUT2D eigenvalue weighted by molar-refractivity contribution is -0.138. The number of benzene rings is 1. The van der Waals surface area contributed by atoms with Crippen molar-refractivity contribution in [3.63, 3.8) is 0 Å². The molecule has 0 radical (unpaired) electrons. The highest BCUT2D eigenvalue weighted by atomic mass is 16.7. The third kappa shape index (κ3) is 3.15. The quantitative estimate of drug-likeness (QED) is 0.610. The van der Waals surface area contributed by atoms with Gasteiger partial charge in [-0.1, -0.05) is 34.8 Å². The van der Waals surface area contributed by atoms with Gasteiger partial charge in [0, 0.05) is 0 Å². The molecule has 1 atom stereocenters. The number of ether oxygens (including phenoxy) is 3. The summed E-state index contributed by atoms with van der Waals surface area (Å²) in [7, 11) is 0. The Hall–Kier alpha value is -1.71. The maximum absolute atomic E-state index is 11.6. The van der Waals surface area contributed by atoms with Crippen LogP contribution in [0.15, 0.2) is 18.2 Å². The number of esters is 1. The zero-order chi connectivity index (χ0) is 11.5. The van der Waals surface area contributed by atoms with Crippen LogP contribution in [0.3, 0.4) is 0 Å². The van der Waals surface area contributed by atoms with Gasteiger partial charge in [0.1, 0.15) is 0 Å². The Bertz CT molecular complexity index is 401. The van der Waals surface area contributed by atoms with Crippen LogP contribution >= 0.6 is 0 Å². The summed E-state index contributed by atoms with van der Waals surface area (Å²) in [6.45, 7) is 3.96. The van der Waals surface area contributed by atoms with Crippen LogP contribution in [0, 0.1) is 5.92 Å². The van der Waals surface area contributed by atoms with Gasteiger partial charge in [-0.3, -0.25) is 4.79 Å². The minimum absolute atomic E-state index is 0. The molecule has 0 aromatic heterocycles. The van der Waals surface area contributed by atoms with Crippen LogP contribution in [0.5, 0.6) is 17.2 Å². The highest BCUT2D eigenvalue weighted by Gasteiger charge is 2.21. The van der Waals surface area contributed by atoms with Crippen LogP contribution in [0.2, 0.25) is 0 Å². The van der Waals surface area contributed by atoms with Crippen LogP contribution in [0.1, 0.15) is 35.1 Å². The Morgan fingerprint density at radius 1 is 1.39 bits per heavy atom. The predicted molar refractivity (Wildman–Crippen MR) is 71.1 cm³/mol. The van der Waals surface area contributed by atoms with Gasteiger partial charge in [-0.15, -0.1) is 0 Å². The van der Waals surface area contributed by atoms with Gasteiger partial charge < -0.3 is 14.2 Å². The maximum atomic E-state index is 11.6. The summed E-state index contributed by atoms with van der Waals surface area (Å²) in [5.41, 5.74) is 0. The van der Waals surface area contributed by atoms with E-state index >= 15 is 0 Å². The number of para-hydroxylation sites is 1. The van der Waals surface area contributed by atoms with Crippen LogP contribution < -0.4 is 14.2 Å². The van der Waals surface area contributed by atoms with Gasteiger partial charge in [0.15, 0.2) is 11.5 Å². The number of carbonyl (C=O) groups is 1. The Labute approximate surface area is 109 Å². The van der Waals surface area contributed by atoms with Gasteiger partial charge in [0.05, 0.1) is 5.92 Å². The van der Waals surface area contributed by atoms with Crippen molar-refractivity contribution in [2.75, 3.05) is 6.79 Å². The molecule has 102 valence electrons. The van der Waals surface area contributed by atoms with Crippen molar-refractivity contribution in [1.82, 2.24) is 0 Å². The number of rotatable bonds is 3. The second-order valence-corrected chi connectivity index (χ2v) is 3.72. The van der Waals surface area contributed by atoms with Crippen LogP contribution in [0.25, 0.3) is 0 Å². The molecule has 18 heavy (non-hydrogen) atoms. The summed E-state index contributed by atoms with van der Waals surface area (Å²) in [6, 6.07) is 5.25. The topological polar surface area (TPSA) is 44.8 Å². The molecule has 1 aromatic rings. The zero-order valence-electron chi connectivity index (χ0n) is 9.36. The molecule has 0 aliphatic carbocycles. The number of fused-ring (bicyclic) bond motifs is 1. The smallest absolute Gasteiger partial charge is 0.314 e. The Kier molecular flexibility index (Phi) is 6.23. The third-order valence-electron chi connectivity index (χ3n) is 2.59. The second-order valence-electron chi connectivity index (χ2n) is 3.72. The molecule has 1 aliphatic rings. The molecule has 1 heterocycles. The van der Waals surface area contributed by atoms with Crippen LogP contribution in [-0.4, -0.2) is 12.8 Å². The molecule has 0 bridgehead atoms. The van der Waals surface area contributed by atoms with Crippen molar-refractivity contribution in [2.45, 2.75) is 35.1 Å². The molecule has 0 amide bonds. The molecular formula is C14H22O4. The van der Waals surface area contributed by atoms with Crippen molar-refractivity contribution in [1.29, 1.82) is 0 Å². The molecule has 1 unspecified atom stereocenters. The molecule has 0 spiro atoms. The summed E-state index contributed by atoms with van der Waals surface area (Å²) in [4.78, 5) is 11.6. The van der Waals surface area contributed by atoms with Crippen molar-refractivity contribution in [3.05, 3.63) is 18.2 Å². The van der Waals surface area contributed by atoms with Gasteiger partial charge in [-0.2, -0.15) is 0 Å². The first kappa shape index (κ1) is 16.3. The fraction of sp³-hybridized carbons (Fsp3) is 0.500. The van der Waals surface area contributed by atoms with E-state index in [9.17, 15) is 4.79 Å². The predicted octanol–water partition coefficient (Wildman–Crippen LogP) is 3.64. The Balaban J connectivity index is 0.00000144. The van der Waals surface area contributed by atoms with Crippen molar-refractivity contribution in [3.8, 4) is 17.2 Å². The summed E-state index contributed by atoms with van der Waals surface area (Å²) in [5, 5.41) is 0. The zero-order valence-corrected chi connectivity index (χ0v) is 9.36. The van der Waals surface area contributed by atoms with Crippen molar-refractivity contribution < 1.29 is 19.0 Å². The molecule has 4 heteroatoms. The molecule has 0 saturated heterocycles. The summed E-state index contributed by atoms with van der Waals surface area (Å²) >= 11 is 0. The molecule has 2 rings (SSSR count). The van der Waals surface area contributed by atoms with Crippen LogP contribution in [0.4, 0.5) is 0 Å². The lowest BCUT2D eigenvalue weighted by Gasteiger charge is -2.10. The number of hydrogen-bond donors (Lipinski definition) is 0. The fourth-order valence-electron chi connectivity index (χ4n) is 1.36. The third-order valence-corrected chi connectivity index (χ3v) is 2.59. The molecular weight excluding hydrogens is 232 g/mol. The van der Waals surface area contributed by atoms with Gasteiger partial charge in [-0.05, 0) is 18.6 Å².